The lowest BCUT2D eigenvalue weighted by Crippen LogP contribution is -2.21. The molecule has 0 radical (unpaired) electrons. The minimum Gasteiger partial charge on any atom is -0.445 e. The number of nitrogens with zero attached hydrogens (tertiary/aromatic N) is 1. The Bertz CT molecular complexity index is 403. The Labute approximate surface area is 116 Å². The van der Waals surface area contributed by atoms with Crippen LogP contribution in [0.4, 0.5) is 0 Å². The maximum Gasteiger partial charge on any atom is 0.194 e. The van der Waals surface area contributed by atoms with Crippen LogP contribution in [0.2, 0.25) is 0 Å². The molecule has 1 aromatic rings. The summed E-state index contributed by atoms with van der Waals surface area (Å²) in [6.07, 6.45) is 8.21. The summed E-state index contributed by atoms with van der Waals surface area (Å²) >= 11 is 0. The Hall–Kier alpha value is -0.830. The molecule has 0 bridgehead atoms. The van der Waals surface area contributed by atoms with E-state index in [2.05, 4.69) is 24.1 Å². The average molecular weight is 262 g/mol. The lowest BCUT2D eigenvalue weighted by atomic mass is 10.0. The number of aryl methyl sites for hydroxylation is 1. The lowest BCUT2D eigenvalue weighted by Gasteiger charge is -2.07. The van der Waals surface area contributed by atoms with Crippen LogP contribution in [0.25, 0.3) is 0 Å². The summed E-state index contributed by atoms with van der Waals surface area (Å²) in [5.41, 5.74) is 0. The zero-order chi connectivity index (χ0) is 13.2. The fourth-order valence-electron chi connectivity index (χ4n) is 3.33. The Morgan fingerprint density at radius 2 is 2.11 bits per heavy atom. The normalized spacial score (nSPS) is 28.9. The van der Waals surface area contributed by atoms with Crippen molar-refractivity contribution in [2.24, 2.45) is 17.8 Å². The third-order valence-corrected chi connectivity index (χ3v) is 4.51. The highest BCUT2D eigenvalue weighted by atomic mass is 16.4. The topological polar surface area (TPSA) is 38.1 Å². The van der Waals surface area contributed by atoms with Gasteiger partial charge in [0.15, 0.2) is 5.89 Å². The minimum absolute atomic E-state index is 0.670. The zero-order valence-electron chi connectivity index (χ0n) is 12.2. The van der Waals surface area contributed by atoms with Crippen molar-refractivity contribution < 1.29 is 4.42 Å². The maximum absolute atomic E-state index is 5.93. The van der Waals surface area contributed by atoms with Crippen molar-refractivity contribution in [1.82, 2.24) is 10.3 Å². The van der Waals surface area contributed by atoms with Gasteiger partial charge in [-0.3, -0.25) is 0 Å². The molecule has 1 N–H and O–H groups in total. The Morgan fingerprint density at radius 1 is 1.32 bits per heavy atom. The third kappa shape index (κ3) is 3.38. The van der Waals surface area contributed by atoms with Gasteiger partial charge in [0.05, 0.1) is 6.20 Å². The predicted octanol–water partition coefficient (Wildman–Crippen LogP) is 3.37. The maximum atomic E-state index is 5.93. The van der Waals surface area contributed by atoms with Gasteiger partial charge in [0, 0.05) is 12.3 Å². The molecule has 3 heteroatoms. The van der Waals surface area contributed by atoms with Crippen molar-refractivity contribution in [2.75, 3.05) is 13.1 Å². The highest BCUT2D eigenvalue weighted by Gasteiger charge is 2.47. The van der Waals surface area contributed by atoms with Crippen LogP contribution in [-0.4, -0.2) is 18.1 Å². The van der Waals surface area contributed by atoms with Gasteiger partial charge < -0.3 is 9.73 Å². The van der Waals surface area contributed by atoms with Crippen LogP contribution in [0.1, 0.15) is 57.1 Å². The van der Waals surface area contributed by atoms with Crippen LogP contribution in [0.15, 0.2) is 10.6 Å². The van der Waals surface area contributed by atoms with Crippen molar-refractivity contribution in [3.63, 3.8) is 0 Å². The monoisotopic (exact) mass is 262 g/mol. The highest BCUT2D eigenvalue weighted by molar-refractivity contribution is 5.11. The molecule has 19 heavy (non-hydrogen) atoms. The van der Waals surface area contributed by atoms with E-state index in [4.69, 9.17) is 4.42 Å². The van der Waals surface area contributed by atoms with E-state index < -0.39 is 0 Å². The van der Waals surface area contributed by atoms with E-state index in [1.165, 1.54) is 19.3 Å². The van der Waals surface area contributed by atoms with Crippen molar-refractivity contribution in [2.45, 2.75) is 51.9 Å². The molecule has 2 saturated carbocycles. The molecule has 0 aromatic carbocycles. The van der Waals surface area contributed by atoms with Crippen molar-refractivity contribution in [3.8, 4) is 0 Å². The largest absolute Gasteiger partial charge is 0.445 e. The SMILES string of the molecule is CC(C)CNCCCc1ncc(C2CC3CC3C2)o1. The van der Waals surface area contributed by atoms with E-state index in [9.17, 15) is 0 Å². The second-order valence-corrected chi connectivity index (χ2v) is 6.78. The Balaban J connectivity index is 1.38. The number of aromatic nitrogens is 1. The molecule has 2 aliphatic carbocycles. The summed E-state index contributed by atoms with van der Waals surface area (Å²) in [4.78, 5) is 4.44. The number of fused-ring (bicyclic) bond motifs is 1. The molecule has 3 nitrogen and oxygen atoms in total. The van der Waals surface area contributed by atoms with Crippen LogP contribution < -0.4 is 5.32 Å². The van der Waals surface area contributed by atoms with Gasteiger partial charge in [0.25, 0.3) is 0 Å². The Kier molecular flexibility index (Phi) is 3.92. The molecular weight excluding hydrogens is 236 g/mol. The van der Waals surface area contributed by atoms with E-state index in [1.54, 1.807) is 0 Å². The first-order chi connectivity index (χ1) is 9.22. The van der Waals surface area contributed by atoms with E-state index >= 15 is 0 Å². The van der Waals surface area contributed by atoms with Gasteiger partial charge in [-0.1, -0.05) is 13.8 Å². The van der Waals surface area contributed by atoms with Crippen LogP contribution in [0, 0.1) is 17.8 Å². The smallest absolute Gasteiger partial charge is 0.194 e. The Morgan fingerprint density at radius 3 is 2.84 bits per heavy atom. The summed E-state index contributed by atoms with van der Waals surface area (Å²) in [6, 6.07) is 0. The molecule has 2 aliphatic rings. The molecule has 106 valence electrons. The van der Waals surface area contributed by atoms with E-state index in [-0.39, 0.29) is 0 Å². The first-order valence-corrected chi connectivity index (χ1v) is 7.87. The van der Waals surface area contributed by atoms with Crippen molar-refractivity contribution >= 4 is 0 Å². The van der Waals surface area contributed by atoms with Gasteiger partial charge in [0.2, 0.25) is 0 Å². The first-order valence-electron chi connectivity index (χ1n) is 7.87. The van der Waals surface area contributed by atoms with Crippen molar-refractivity contribution in [1.29, 1.82) is 0 Å². The quantitative estimate of drug-likeness (QED) is 0.766. The molecule has 2 unspecified atom stereocenters. The van der Waals surface area contributed by atoms with E-state index in [0.29, 0.717) is 5.92 Å². The number of nitrogens with one attached hydrogen (secondary N) is 1. The fraction of sp³-hybridized carbons (Fsp3) is 0.812. The van der Waals surface area contributed by atoms with Gasteiger partial charge >= 0.3 is 0 Å². The summed E-state index contributed by atoms with van der Waals surface area (Å²) < 4.78 is 5.93. The number of hydrogen-bond acceptors (Lipinski definition) is 3. The van der Waals surface area contributed by atoms with Gasteiger partial charge in [-0.15, -0.1) is 0 Å². The zero-order valence-corrected chi connectivity index (χ0v) is 12.2. The summed E-state index contributed by atoms with van der Waals surface area (Å²) in [7, 11) is 0. The number of rotatable bonds is 7. The van der Waals surface area contributed by atoms with Gasteiger partial charge in [-0.2, -0.15) is 0 Å². The molecule has 2 atom stereocenters. The number of hydrogen-bond donors (Lipinski definition) is 1. The summed E-state index contributed by atoms with van der Waals surface area (Å²) in [6.45, 7) is 6.63. The summed E-state index contributed by atoms with van der Waals surface area (Å²) in [5.74, 6) is 5.50. The van der Waals surface area contributed by atoms with Crippen molar-refractivity contribution in [3.05, 3.63) is 17.8 Å². The molecule has 0 aliphatic heterocycles. The predicted molar refractivity (Wildman–Crippen MR) is 76.1 cm³/mol. The fourth-order valence-corrected chi connectivity index (χ4v) is 3.33. The summed E-state index contributed by atoms with van der Waals surface area (Å²) in [5, 5.41) is 3.46. The standard InChI is InChI=1S/C16H26N2O/c1-11(2)9-17-5-3-4-16-18-10-15(19-16)14-7-12-6-13(12)8-14/h10-14,17H,3-9H2,1-2H3. The molecule has 0 spiro atoms. The molecule has 3 rings (SSSR count). The van der Waals surface area contributed by atoms with Crippen LogP contribution in [-0.2, 0) is 6.42 Å². The molecule has 1 aromatic heterocycles. The van der Waals surface area contributed by atoms with Crippen LogP contribution >= 0.6 is 0 Å². The van der Waals surface area contributed by atoms with Gasteiger partial charge in [0.1, 0.15) is 5.76 Å². The third-order valence-electron chi connectivity index (χ3n) is 4.51. The molecule has 0 saturated heterocycles. The average Bonchev–Trinajstić information content (AvgIpc) is 2.80. The minimum atomic E-state index is 0.670. The van der Waals surface area contributed by atoms with Crippen LogP contribution in [0.3, 0.4) is 0 Å². The molecule has 1 heterocycles. The molecule has 2 fully saturated rings. The molecule has 0 amide bonds. The number of oxazole rings is 1. The van der Waals surface area contributed by atoms with E-state index in [0.717, 1.165) is 55.3 Å². The van der Waals surface area contributed by atoms with Gasteiger partial charge in [-0.25, -0.2) is 4.98 Å². The second kappa shape index (κ2) is 5.66. The highest BCUT2D eigenvalue weighted by Crippen LogP contribution is 2.57. The molecular formula is C16H26N2O. The lowest BCUT2D eigenvalue weighted by molar-refractivity contribution is 0.406. The van der Waals surface area contributed by atoms with Crippen LogP contribution in [0.5, 0.6) is 0 Å². The first kappa shape index (κ1) is 13.2. The second-order valence-electron chi connectivity index (χ2n) is 6.78. The van der Waals surface area contributed by atoms with Gasteiger partial charge in [-0.05, 0) is 56.5 Å². The van der Waals surface area contributed by atoms with E-state index in [1.807, 2.05) is 6.20 Å².